The summed E-state index contributed by atoms with van der Waals surface area (Å²) in [6.45, 7) is 0. The van der Waals surface area contributed by atoms with Gasteiger partial charge in [0.25, 0.3) is 5.91 Å². The second-order valence-electron chi connectivity index (χ2n) is 4.66. The molecule has 1 amide bonds. The summed E-state index contributed by atoms with van der Waals surface area (Å²) >= 11 is 3.13. The lowest BCUT2D eigenvalue weighted by atomic mass is 10.1. The summed E-state index contributed by atoms with van der Waals surface area (Å²) in [5.41, 5.74) is 0.601. The molecule has 1 N–H and O–H groups in total. The van der Waals surface area contributed by atoms with Crippen LogP contribution in [-0.2, 0) is 0 Å². The SMILES string of the molecule is O=C(Nc1ccc(Br)cc1F)c1cc(-c2ccc(F)cc2)on1. The lowest BCUT2D eigenvalue weighted by Crippen LogP contribution is -2.13. The monoisotopic (exact) mass is 378 g/mol. The second-order valence-corrected chi connectivity index (χ2v) is 5.58. The number of benzene rings is 2. The molecular formula is C16H9BrF2N2O2. The molecule has 0 radical (unpaired) electrons. The van der Waals surface area contributed by atoms with Crippen LogP contribution in [0.3, 0.4) is 0 Å². The van der Waals surface area contributed by atoms with Gasteiger partial charge in [-0.25, -0.2) is 8.78 Å². The van der Waals surface area contributed by atoms with Crippen molar-refractivity contribution in [2.45, 2.75) is 0 Å². The summed E-state index contributed by atoms with van der Waals surface area (Å²) in [6.07, 6.45) is 0. The quantitative estimate of drug-likeness (QED) is 0.722. The van der Waals surface area contributed by atoms with E-state index in [9.17, 15) is 13.6 Å². The van der Waals surface area contributed by atoms with Crippen molar-refractivity contribution < 1.29 is 18.1 Å². The molecule has 0 bridgehead atoms. The van der Waals surface area contributed by atoms with E-state index in [0.717, 1.165) is 0 Å². The van der Waals surface area contributed by atoms with E-state index < -0.39 is 11.7 Å². The standard InChI is InChI=1S/C16H9BrF2N2O2/c17-10-3-6-13(12(19)7-10)20-16(22)14-8-15(23-21-14)9-1-4-11(18)5-2-9/h1-8H,(H,20,22). The molecule has 0 fully saturated rings. The van der Waals surface area contributed by atoms with E-state index in [-0.39, 0.29) is 17.2 Å². The third-order valence-corrected chi connectivity index (χ3v) is 3.54. The van der Waals surface area contributed by atoms with Gasteiger partial charge in [0.15, 0.2) is 11.5 Å². The fourth-order valence-electron chi connectivity index (χ4n) is 1.91. The van der Waals surface area contributed by atoms with Crippen LogP contribution in [0.25, 0.3) is 11.3 Å². The number of nitrogens with zero attached hydrogens (tertiary/aromatic N) is 1. The van der Waals surface area contributed by atoms with Crippen molar-refractivity contribution in [3.63, 3.8) is 0 Å². The van der Waals surface area contributed by atoms with Gasteiger partial charge in [0, 0.05) is 16.1 Å². The average Bonchev–Trinajstić information content (AvgIpc) is 3.01. The number of aromatic nitrogens is 1. The van der Waals surface area contributed by atoms with E-state index in [4.69, 9.17) is 4.52 Å². The molecule has 0 atom stereocenters. The third kappa shape index (κ3) is 3.45. The topological polar surface area (TPSA) is 55.1 Å². The molecule has 3 rings (SSSR count). The molecule has 1 heterocycles. The van der Waals surface area contributed by atoms with Gasteiger partial charge in [0.2, 0.25) is 0 Å². The summed E-state index contributed by atoms with van der Waals surface area (Å²) in [5.74, 6) is -1.25. The summed E-state index contributed by atoms with van der Waals surface area (Å²) < 4.78 is 32.2. The van der Waals surface area contributed by atoms with Crippen molar-refractivity contribution in [2.24, 2.45) is 0 Å². The van der Waals surface area contributed by atoms with E-state index in [2.05, 4.69) is 26.4 Å². The zero-order chi connectivity index (χ0) is 16.4. The normalized spacial score (nSPS) is 10.6. The predicted molar refractivity (Wildman–Crippen MR) is 84.0 cm³/mol. The number of hydrogen-bond acceptors (Lipinski definition) is 3. The van der Waals surface area contributed by atoms with Gasteiger partial charge in [0.1, 0.15) is 11.6 Å². The van der Waals surface area contributed by atoms with Gasteiger partial charge in [-0.2, -0.15) is 0 Å². The molecule has 23 heavy (non-hydrogen) atoms. The fraction of sp³-hybridized carbons (Fsp3) is 0. The van der Waals surface area contributed by atoms with Gasteiger partial charge in [-0.15, -0.1) is 0 Å². The van der Waals surface area contributed by atoms with Crippen LogP contribution >= 0.6 is 15.9 Å². The highest BCUT2D eigenvalue weighted by atomic mass is 79.9. The highest BCUT2D eigenvalue weighted by Crippen LogP contribution is 2.23. The van der Waals surface area contributed by atoms with Crippen LogP contribution in [-0.4, -0.2) is 11.1 Å². The molecule has 116 valence electrons. The summed E-state index contributed by atoms with van der Waals surface area (Å²) in [7, 11) is 0. The Labute approximate surface area is 138 Å². The summed E-state index contributed by atoms with van der Waals surface area (Å²) in [5, 5.41) is 6.06. The van der Waals surface area contributed by atoms with E-state index in [0.29, 0.717) is 15.8 Å². The van der Waals surface area contributed by atoms with Gasteiger partial charge in [0.05, 0.1) is 5.69 Å². The van der Waals surface area contributed by atoms with Crippen molar-refractivity contribution in [3.05, 3.63) is 70.3 Å². The largest absolute Gasteiger partial charge is 0.355 e. The number of halogens is 3. The first-order valence-corrected chi connectivity index (χ1v) is 7.31. The Kier molecular flexibility index (Phi) is 4.20. The number of hydrogen-bond donors (Lipinski definition) is 1. The highest BCUT2D eigenvalue weighted by Gasteiger charge is 2.15. The van der Waals surface area contributed by atoms with Crippen LogP contribution in [0, 0.1) is 11.6 Å². The maximum absolute atomic E-state index is 13.7. The number of amides is 1. The van der Waals surface area contributed by atoms with Crippen LogP contribution in [0.15, 0.2) is 57.5 Å². The number of rotatable bonds is 3. The lowest BCUT2D eigenvalue weighted by Gasteiger charge is -2.04. The molecule has 0 aliphatic heterocycles. The predicted octanol–water partition coefficient (Wildman–Crippen LogP) is 4.63. The van der Waals surface area contributed by atoms with E-state index in [1.54, 1.807) is 6.07 Å². The molecule has 0 aliphatic carbocycles. The van der Waals surface area contributed by atoms with Crippen LogP contribution in [0.5, 0.6) is 0 Å². The van der Waals surface area contributed by atoms with Crippen molar-refractivity contribution in [3.8, 4) is 11.3 Å². The first kappa shape index (κ1) is 15.4. The van der Waals surface area contributed by atoms with Gasteiger partial charge < -0.3 is 9.84 Å². The zero-order valence-electron chi connectivity index (χ0n) is 11.5. The molecule has 0 unspecified atom stereocenters. The molecule has 4 nitrogen and oxygen atoms in total. The van der Waals surface area contributed by atoms with Crippen LogP contribution in [0.4, 0.5) is 14.5 Å². The van der Waals surface area contributed by atoms with Gasteiger partial charge >= 0.3 is 0 Å². The minimum absolute atomic E-state index is 0.00774. The van der Waals surface area contributed by atoms with Crippen LogP contribution in [0.2, 0.25) is 0 Å². The highest BCUT2D eigenvalue weighted by molar-refractivity contribution is 9.10. The maximum atomic E-state index is 13.7. The smallest absolute Gasteiger partial charge is 0.277 e. The Bertz CT molecular complexity index is 863. The van der Waals surface area contributed by atoms with E-state index in [1.165, 1.54) is 42.5 Å². The summed E-state index contributed by atoms with van der Waals surface area (Å²) in [4.78, 5) is 12.1. The Morgan fingerprint density at radius 3 is 2.52 bits per heavy atom. The summed E-state index contributed by atoms with van der Waals surface area (Å²) in [6, 6.07) is 11.2. The Morgan fingerprint density at radius 2 is 1.83 bits per heavy atom. The number of carbonyl (C=O) groups is 1. The van der Waals surface area contributed by atoms with Gasteiger partial charge in [-0.05, 0) is 42.5 Å². The average molecular weight is 379 g/mol. The van der Waals surface area contributed by atoms with Gasteiger partial charge in [-0.3, -0.25) is 4.79 Å². The van der Waals surface area contributed by atoms with Crippen molar-refractivity contribution in [1.29, 1.82) is 0 Å². The maximum Gasteiger partial charge on any atom is 0.277 e. The molecule has 0 saturated carbocycles. The molecule has 3 aromatic rings. The minimum Gasteiger partial charge on any atom is -0.355 e. The molecule has 1 aromatic heterocycles. The molecular weight excluding hydrogens is 370 g/mol. The number of carbonyl (C=O) groups excluding carboxylic acids is 1. The number of anilines is 1. The fourth-order valence-corrected chi connectivity index (χ4v) is 2.24. The van der Waals surface area contributed by atoms with Gasteiger partial charge in [-0.1, -0.05) is 21.1 Å². The molecule has 7 heteroatoms. The zero-order valence-corrected chi connectivity index (χ0v) is 13.1. The Balaban J connectivity index is 1.79. The minimum atomic E-state index is -0.608. The van der Waals surface area contributed by atoms with Crippen LogP contribution < -0.4 is 5.32 Å². The van der Waals surface area contributed by atoms with Crippen molar-refractivity contribution in [1.82, 2.24) is 5.16 Å². The van der Waals surface area contributed by atoms with Crippen LogP contribution in [0.1, 0.15) is 10.5 Å². The third-order valence-electron chi connectivity index (χ3n) is 3.05. The molecule has 0 spiro atoms. The molecule has 0 saturated heterocycles. The van der Waals surface area contributed by atoms with Crippen molar-refractivity contribution in [2.75, 3.05) is 5.32 Å². The first-order chi connectivity index (χ1) is 11.0. The first-order valence-electron chi connectivity index (χ1n) is 6.52. The van der Waals surface area contributed by atoms with E-state index in [1.807, 2.05) is 0 Å². The second kappa shape index (κ2) is 6.29. The Hall–Kier alpha value is -2.54. The molecule has 0 aliphatic rings. The number of nitrogens with one attached hydrogen (secondary N) is 1. The molecule has 2 aromatic carbocycles. The van der Waals surface area contributed by atoms with Crippen molar-refractivity contribution >= 4 is 27.5 Å². The van der Waals surface area contributed by atoms with E-state index >= 15 is 0 Å². The lowest BCUT2D eigenvalue weighted by molar-refractivity contribution is 0.101. The Morgan fingerprint density at radius 1 is 1.09 bits per heavy atom.